The highest BCUT2D eigenvalue weighted by Gasteiger charge is 2.23. The first-order valence-electron chi connectivity index (χ1n) is 7.27. The lowest BCUT2D eigenvalue weighted by Crippen LogP contribution is -2.15. The molecule has 0 aliphatic carbocycles. The Kier molecular flexibility index (Phi) is 3.79. The van der Waals surface area contributed by atoms with Gasteiger partial charge in [-0.05, 0) is 24.1 Å². The number of benzene rings is 1. The fourth-order valence-electron chi connectivity index (χ4n) is 2.78. The summed E-state index contributed by atoms with van der Waals surface area (Å²) in [7, 11) is 0. The van der Waals surface area contributed by atoms with Crippen LogP contribution in [0.2, 0.25) is 0 Å². The van der Waals surface area contributed by atoms with E-state index in [1.165, 1.54) is 6.07 Å². The second-order valence-electron chi connectivity index (χ2n) is 5.73. The third-order valence-electron chi connectivity index (χ3n) is 3.75. The predicted octanol–water partition coefficient (Wildman–Crippen LogP) is 3.64. The first kappa shape index (κ1) is 16.0. The Balaban J connectivity index is 2.40. The molecule has 0 saturated heterocycles. The summed E-state index contributed by atoms with van der Waals surface area (Å²) in [5, 5.41) is 0. The van der Waals surface area contributed by atoms with Crippen LogP contribution in [-0.4, -0.2) is 15.3 Å². The normalized spacial score (nSPS) is 11.4. The Morgan fingerprint density at radius 3 is 2.54 bits per heavy atom. The van der Waals surface area contributed by atoms with E-state index in [1.54, 1.807) is 16.7 Å². The van der Waals surface area contributed by atoms with Gasteiger partial charge in [-0.2, -0.15) is 0 Å². The van der Waals surface area contributed by atoms with Crippen LogP contribution in [-0.2, 0) is 0 Å². The van der Waals surface area contributed by atoms with Crippen molar-refractivity contribution in [3.63, 3.8) is 0 Å². The molecule has 3 aromatic rings. The maximum absolute atomic E-state index is 14.1. The molecule has 1 aromatic carbocycles. The van der Waals surface area contributed by atoms with Gasteiger partial charge in [0.2, 0.25) is 0 Å². The fourth-order valence-corrected chi connectivity index (χ4v) is 2.78. The van der Waals surface area contributed by atoms with Gasteiger partial charge in [0, 0.05) is 23.4 Å². The number of amides is 1. The molecule has 2 aromatic heterocycles. The number of imidazole rings is 1. The lowest BCUT2D eigenvalue weighted by molar-refractivity contribution is 0.0994. The molecule has 124 valence electrons. The predicted molar refractivity (Wildman–Crippen MR) is 83.1 cm³/mol. The first-order valence-corrected chi connectivity index (χ1v) is 7.27. The Bertz CT molecular complexity index is 963. The summed E-state index contributed by atoms with van der Waals surface area (Å²) in [6.45, 7) is 3.70. The zero-order valence-corrected chi connectivity index (χ0v) is 13.0. The lowest BCUT2D eigenvalue weighted by Gasteiger charge is -2.09. The van der Waals surface area contributed by atoms with Crippen LogP contribution < -0.4 is 5.73 Å². The van der Waals surface area contributed by atoms with E-state index in [1.807, 2.05) is 13.8 Å². The van der Waals surface area contributed by atoms with Gasteiger partial charge in [-0.1, -0.05) is 13.8 Å². The molecule has 0 bridgehead atoms. The summed E-state index contributed by atoms with van der Waals surface area (Å²) >= 11 is 0. The molecule has 0 fully saturated rings. The fraction of sp³-hybridized carbons (Fsp3) is 0.176. The van der Waals surface area contributed by atoms with Crippen molar-refractivity contribution in [2.75, 3.05) is 0 Å². The molecule has 4 nitrogen and oxygen atoms in total. The van der Waals surface area contributed by atoms with Gasteiger partial charge < -0.3 is 10.1 Å². The molecule has 0 radical (unpaired) electrons. The Labute approximate surface area is 135 Å². The van der Waals surface area contributed by atoms with Crippen LogP contribution in [0.1, 0.15) is 35.9 Å². The van der Waals surface area contributed by atoms with Gasteiger partial charge in [0.1, 0.15) is 17.2 Å². The summed E-state index contributed by atoms with van der Waals surface area (Å²) in [6.07, 6.45) is 1.64. The van der Waals surface area contributed by atoms with Gasteiger partial charge in [-0.25, -0.2) is 18.2 Å². The summed E-state index contributed by atoms with van der Waals surface area (Å²) in [5.74, 6) is -4.19. The van der Waals surface area contributed by atoms with Crippen molar-refractivity contribution in [1.29, 1.82) is 0 Å². The second-order valence-corrected chi connectivity index (χ2v) is 5.73. The highest BCUT2D eigenvalue weighted by atomic mass is 19.2. The number of carbonyl (C=O) groups is 1. The summed E-state index contributed by atoms with van der Waals surface area (Å²) in [5.41, 5.74) is 6.08. The zero-order chi connectivity index (χ0) is 17.6. The van der Waals surface area contributed by atoms with Crippen LogP contribution >= 0.6 is 0 Å². The topological polar surface area (TPSA) is 60.4 Å². The van der Waals surface area contributed by atoms with Crippen LogP contribution in [0.15, 0.2) is 30.5 Å². The van der Waals surface area contributed by atoms with Gasteiger partial charge in [0.05, 0.1) is 5.69 Å². The van der Waals surface area contributed by atoms with E-state index >= 15 is 0 Å². The van der Waals surface area contributed by atoms with Crippen molar-refractivity contribution in [1.82, 2.24) is 9.38 Å². The number of fused-ring (bicyclic) bond motifs is 1. The SMILES string of the molecule is CC(C)c1c(C(N)=O)nc2c(-c3cc(F)cc(F)c3F)cccn12. The van der Waals surface area contributed by atoms with E-state index in [0.29, 0.717) is 11.8 Å². The van der Waals surface area contributed by atoms with E-state index in [0.717, 1.165) is 6.07 Å². The molecule has 3 rings (SSSR count). The van der Waals surface area contributed by atoms with Gasteiger partial charge in [0.25, 0.3) is 5.91 Å². The lowest BCUT2D eigenvalue weighted by atomic mass is 10.1. The van der Waals surface area contributed by atoms with Gasteiger partial charge >= 0.3 is 0 Å². The standard InChI is InChI=1S/C17H14F3N3O/c1-8(2)15-14(16(21)24)22-17-10(4-3-5-23(15)17)11-6-9(18)7-12(19)13(11)20/h3-8H,1-2H3,(H2,21,24). The summed E-state index contributed by atoms with van der Waals surface area (Å²) < 4.78 is 42.8. The van der Waals surface area contributed by atoms with Crippen molar-refractivity contribution in [3.8, 4) is 11.1 Å². The van der Waals surface area contributed by atoms with E-state index in [2.05, 4.69) is 4.98 Å². The quantitative estimate of drug-likeness (QED) is 0.744. The molecular formula is C17H14F3N3O. The number of hydrogen-bond acceptors (Lipinski definition) is 2. The molecule has 0 saturated carbocycles. The van der Waals surface area contributed by atoms with Crippen LogP contribution in [0.4, 0.5) is 13.2 Å². The van der Waals surface area contributed by atoms with E-state index in [4.69, 9.17) is 5.73 Å². The Hall–Kier alpha value is -2.83. The van der Waals surface area contributed by atoms with Crippen molar-refractivity contribution in [2.45, 2.75) is 19.8 Å². The molecular weight excluding hydrogens is 319 g/mol. The number of primary amides is 1. The molecule has 0 atom stereocenters. The number of aromatic nitrogens is 2. The molecule has 0 aliphatic heterocycles. The molecule has 2 heterocycles. The van der Waals surface area contributed by atoms with E-state index < -0.39 is 23.4 Å². The number of carbonyl (C=O) groups excluding carboxylic acids is 1. The monoisotopic (exact) mass is 333 g/mol. The maximum Gasteiger partial charge on any atom is 0.269 e. The zero-order valence-electron chi connectivity index (χ0n) is 13.0. The minimum absolute atomic E-state index is 0.0507. The number of nitrogens with two attached hydrogens (primary N) is 1. The number of pyridine rings is 1. The number of rotatable bonds is 3. The van der Waals surface area contributed by atoms with Crippen LogP contribution in [0.3, 0.4) is 0 Å². The van der Waals surface area contributed by atoms with Crippen molar-refractivity contribution < 1.29 is 18.0 Å². The maximum atomic E-state index is 14.1. The van der Waals surface area contributed by atoms with Crippen LogP contribution in [0, 0.1) is 17.5 Å². The van der Waals surface area contributed by atoms with Gasteiger partial charge in [-0.3, -0.25) is 4.79 Å². The van der Waals surface area contributed by atoms with Gasteiger partial charge in [-0.15, -0.1) is 0 Å². The molecule has 0 unspecified atom stereocenters. The van der Waals surface area contributed by atoms with E-state index in [-0.39, 0.29) is 28.4 Å². The Morgan fingerprint density at radius 2 is 1.92 bits per heavy atom. The number of halogens is 3. The molecule has 24 heavy (non-hydrogen) atoms. The largest absolute Gasteiger partial charge is 0.364 e. The van der Waals surface area contributed by atoms with Crippen molar-refractivity contribution in [2.24, 2.45) is 5.73 Å². The average Bonchev–Trinajstić information content (AvgIpc) is 2.90. The second kappa shape index (κ2) is 5.67. The number of hydrogen-bond donors (Lipinski definition) is 1. The van der Waals surface area contributed by atoms with Crippen LogP contribution in [0.25, 0.3) is 16.8 Å². The molecule has 0 spiro atoms. The van der Waals surface area contributed by atoms with E-state index in [9.17, 15) is 18.0 Å². The van der Waals surface area contributed by atoms with Crippen LogP contribution in [0.5, 0.6) is 0 Å². The van der Waals surface area contributed by atoms with Crippen molar-refractivity contribution in [3.05, 3.63) is 59.3 Å². The minimum Gasteiger partial charge on any atom is -0.364 e. The average molecular weight is 333 g/mol. The highest BCUT2D eigenvalue weighted by molar-refractivity contribution is 5.94. The smallest absolute Gasteiger partial charge is 0.269 e. The highest BCUT2D eigenvalue weighted by Crippen LogP contribution is 2.31. The first-order chi connectivity index (χ1) is 11.3. The summed E-state index contributed by atoms with van der Waals surface area (Å²) in [6, 6.07) is 4.43. The number of nitrogens with zero attached hydrogens (tertiary/aromatic N) is 2. The molecule has 2 N–H and O–H groups in total. The molecule has 7 heteroatoms. The third kappa shape index (κ3) is 2.42. The molecule has 0 aliphatic rings. The van der Waals surface area contributed by atoms with Gasteiger partial charge in [0.15, 0.2) is 11.6 Å². The molecule has 1 amide bonds. The summed E-state index contributed by atoms with van der Waals surface area (Å²) in [4.78, 5) is 15.9. The third-order valence-corrected chi connectivity index (χ3v) is 3.75. The van der Waals surface area contributed by atoms with Crippen molar-refractivity contribution >= 4 is 11.6 Å². The Morgan fingerprint density at radius 1 is 1.21 bits per heavy atom. The minimum atomic E-state index is -1.29.